The van der Waals surface area contributed by atoms with E-state index in [9.17, 15) is 0 Å². The maximum atomic E-state index is 5.78. The molecule has 0 saturated heterocycles. The number of rotatable bonds is 6. The summed E-state index contributed by atoms with van der Waals surface area (Å²) in [4.78, 5) is 0. The normalized spacial score (nSPS) is 11.2. The Labute approximate surface area is 102 Å². The second kappa shape index (κ2) is 5.84. The quantitative estimate of drug-likeness (QED) is 0.777. The van der Waals surface area contributed by atoms with E-state index in [1.807, 2.05) is 0 Å². The maximum Gasteiger partial charge on any atom is 0.0645 e. The summed E-state index contributed by atoms with van der Waals surface area (Å²) in [7, 11) is 0. The van der Waals surface area contributed by atoms with Crippen molar-refractivity contribution in [3.8, 4) is 0 Å². The van der Waals surface area contributed by atoms with E-state index >= 15 is 0 Å². The van der Waals surface area contributed by atoms with Gasteiger partial charge in [0.25, 0.3) is 0 Å². The van der Waals surface area contributed by atoms with Crippen LogP contribution in [0.15, 0.2) is 30.5 Å². The van der Waals surface area contributed by atoms with E-state index in [2.05, 4.69) is 42.0 Å². The number of hydrogen-bond acceptors (Lipinski definition) is 2. The highest BCUT2D eigenvalue weighted by Gasteiger charge is 2.04. The number of fused-ring (bicyclic) bond motifs is 1. The highest BCUT2D eigenvalue weighted by molar-refractivity contribution is 5.83. The predicted molar refractivity (Wildman–Crippen MR) is 70.9 cm³/mol. The van der Waals surface area contributed by atoms with Gasteiger partial charge in [0, 0.05) is 25.9 Å². The van der Waals surface area contributed by atoms with Crippen molar-refractivity contribution in [3.05, 3.63) is 36.0 Å². The fraction of sp³-hybridized carbons (Fsp3) is 0.429. The first-order chi connectivity index (χ1) is 8.36. The van der Waals surface area contributed by atoms with Crippen molar-refractivity contribution >= 4 is 10.9 Å². The molecular formula is C14H20N2O. The smallest absolute Gasteiger partial charge is 0.0645 e. The van der Waals surface area contributed by atoms with Gasteiger partial charge < -0.3 is 15.0 Å². The molecule has 1 aromatic carbocycles. The first-order valence-corrected chi connectivity index (χ1v) is 6.21. The lowest BCUT2D eigenvalue weighted by molar-refractivity contribution is 0.127. The zero-order chi connectivity index (χ0) is 12.1. The Hall–Kier alpha value is -1.32. The Balaban J connectivity index is 2.16. The number of benzene rings is 1. The van der Waals surface area contributed by atoms with Crippen molar-refractivity contribution < 1.29 is 4.74 Å². The standard InChI is InChI=1S/C14H20N2O/c1-2-9-17-10-8-16-7-6-12-4-3-5-13(11-15)14(12)16/h3-7H,2,8-11,15H2,1H3. The highest BCUT2D eigenvalue weighted by atomic mass is 16.5. The third-order valence-electron chi connectivity index (χ3n) is 2.92. The van der Waals surface area contributed by atoms with Gasteiger partial charge in [-0.15, -0.1) is 0 Å². The lowest BCUT2D eigenvalue weighted by Crippen LogP contribution is -2.07. The molecule has 0 bridgehead atoms. The average molecular weight is 232 g/mol. The molecule has 0 unspecified atom stereocenters. The van der Waals surface area contributed by atoms with Gasteiger partial charge in [0.15, 0.2) is 0 Å². The van der Waals surface area contributed by atoms with Gasteiger partial charge in [-0.05, 0) is 23.4 Å². The van der Waals surface area contributed by atoms with Gasteiger partial charge in [0.1, 0.15) is 0 Å². The summed E-state index contributed by atoms with van der Waals surface area (Å²) in [5.74, 6) is 0. The van der Waals surface area contributed by atoms with Crippen LogP contribution in [0, 0.1) is 0 Å². The number of nitrogens with two attached hydrogens (primary N) is 1. The first-order valence-electron chi connectivity index (χ1n) is 6.21. The molecule has 0 radical (unpaired) electrons. The van der Waals surface area contributed by atoms with E-state index in [4.69, 9.17) is 10.5 Å². The molecule has 3 nitrogen and oxygen atoms in total. The molecule has 0 spiro atoms. The SMILES string of the molecule is CCCOCCn1ccc2cccc(CN)c21. The molecule has 0 saturated carbocycles. The number of para-hydroxylation sites is 1. The van der Waals surface area contributed by atoms with Crippen LogP contribution >= 0.6 is 0 Å². The fourth-order valence-corrected chi connectivity index (χ4v) is 2.10. The van der Waals surface area contributed by atoms with E-state index in [0.29, 0.717) is 6.54 Å². The largest absolute Gasteiger partial charge is 0.380 e. The van der Waals surface area contributed by atoms with Crippen LogP contribution in [-0.2, 0) is 17.8 Å². The van der Waals surface area contributed by atoms with E-state index < -0.39 is 0 Å². The van der Waals surface area contributed by atoms with Gasteiger partial charge in [-0.3, -0.25) is 0 Å². The Kier molecular flexibility index (Phi) is 4.18. The molecule has 0 fully saturated rings. The van der Waals surface area contributed by atoms with Gasteiger partial charge in [0.2, 0.25) is 0 Å². The summed E-state index contributed by atoms with van der Waals surface area (Å²) in [6.45, 7) is 5.19. The number of nitrogens with zero attached hydrogens (tertiary/aromatic N) is 1. The zero-order valence-electron chi connectivity index (χ0n) is 10.4. The summed E-state index contributed by atoms with van der Waals surface area (Å²) in [6.07, 6.45) is 3.18. The van der Waals surface area contributed by atoms with E-state index in [0.717, 1.165) is 26.2 Å². The van der Waals surface area contributed by atoms with Crippen LogP contribution in [0.3, 0.4) is 0 Å². The third-order valence-corrected chi connectivity index (χ3v) is 2.92. The third kappa shape index (κ3) is 2.68. The van der Waals surface area contributed by atoms with Gasteiger partial charge in [-0.2, -0.15) is 0 Å². The molecule has 0 amide bonds. The number of ether oxygens (including phenoxy) is 1. The molecule has 2 rings (SSSR count). The van der Waals surface area contributed by atoms with Crippen molar-refractivity contribution in [2.45, 2.75) is 26.4 Å². The minimum Gasteiger partial charge on any atom is -0.380 e. The molecule has 2 aromatic rings. The van der Waals surface area contributed by atoms with Crippen molar-refractivity contribution in [2.24, 2.45) is 5.73 Å². The topological polar surface area (TPSA) is 40.2 Å². The number of hydrogen-bond donors (Lipinski definition) is 1. The minimum atomic E-state index is 0.581. The molecule has 1 heterocycles. The van der Waals surface area contributed by atoms with E-state index in [1.165, 1.54) is 16.5 Å². The molecule has 0 aliphatic heterocycles. The van der Waals surface area contributed by atoms with Gasteiger partial charge in [-0.25, -0.2) is 0 Å². The summed E-state index contributed by atoms with van der Waals surface area (Å²) in [5.41, 5.74) is 8.22. The lowest BCUT2D eigenvalue weighted by Gasteiger charge is -2.09. The van der Waals surface area contributed by atoms with E-state index in [1.54, 1.807) is 0 Å². The van der Waals surface area contributed by atoms with Crippen molar-refractivity contribution in [1.29, 1.82) is 0 Å². The molecule has 0 aliphatic rings. The molecule has 1 aromatic heterocycles. The molecule has 0 aliphatic carbocycles. The van der Waals surface area contributed by atoms with Gasteiger partial charge in [-0.1, -0.05) is 25.1 Å². The van der Waals surface area contributed by atoms with Gasteiger partial charge >= 0.3 is 0 Å². The molecule has 0 atom stereocenters. The maximum absolute atomic E-state index is 5.78. The van der Waals surface area contributed by atoms with Crippen LogP contribution < -0.4 is 5.73 Å². The van der Waals surface area contributed by atoms with Crippen LogP contribution in [0.1, 0.15) is 18.9 Å². The zero-order valence-corrected chi connectivity index (χ0v) is 10.4. The van der Waals surface area contributed by atoms with Crippen LogP contribution in [0.4, 0.5) is 0 Å². The van der Waals surface area contributed by atoms with Gasteiger partial charge in [0.05, 0.1) is 12.1 Å². The molecule has 92 valence electrons. The molecular weight excluding hydrogens is 212 g/mol. The van der Waals surface area contributed by atoms with Crippen LogP contribution in [0.2, 0.25) is 0 Å². The Morgan fingerprint density at radius 1 is 1.24 bits per heavy atom. The molecule has 2 N–H and O–H groups in total. The Bertz CT molecular complexity index is 476. The Morgan fingerprint density at radius 3 is 2.88 bits per heavy atom. The fourth-order valence-electron chi connectivity index (χ4n) is 2.10. The predicted octanol–water partition coefficient (Wildman–Crippen LogP) is 2.53. The summed E-state index contributed by atoms with van der Waals surface area (Å²) in [5, 5.41) is 1.25. The highest BCUT2D eigenvalue weighted by Crippen LogP contribution is 2.19. The van der Waals surface area contributed by atoms with Crippen molar-refractivity contribution in [3.63, 3.8) is 0 Å². The van der Waals surface area contributed by atoms with Crippen molar-refractivity contribution in [2.75, 3.05) is 13.2 Å². The van der Waals surface area contributed by atoms with Crippen LogP contribution in [0.5, 0.6) is 0 Å². The Morgan fingerprint density at radius 2 is 2.12 bits per heavy atom. The second-order valence-corrected chi connectivity index (χ2v) is 4.18. The summed E-state index contributed by atoms with van der Waals surface area (Å²) in [6, 6.07) is 8.40. The van der Waals surface area contributed by atoms with Crippen LogP contribution in [0.25, 0.3) is 10.9 Å². The monoisotopic (exact) mass is 232 g/mol. The lowest BCUT2D eigenvalue weighted by atomic mass is 10.1. The second-order valence-electron chi connectivity index (χ2n) is 4.18. The molecule has 17 heavy (non-hydrogen) atoms. The summed E-state index contributed by atoms with van der Waals surface area (Å²) < 4.78 is 7.76. The number of aromatic nitrogens is 1. The van der Waals surface area contributed by atoms with Crippen molar-refractivity contribution in [1.82, 2.24) is 4.57 Å². The summed E-state index contributed by atoms with van der Waals surface area (Å²) >= 11 is 0. The van der Waals surface area contributed by atoms with E-state index in [-0.39, 0.29) is 0 Å². The average Bonchev–Trinajstić information content (AvgIpc) is 2.78. The molecule has 3 heteroatoms. The minimum absolute atomic E-state index is 0.581. The van der Waals surface area contributed by atoms with Crippen LogP contribution in [-0.4, -0.2) is 17.8 Å². The first kappa shape index (κ1) is 12.1.